The van der Waals surface area contributed by atoms with Crippen LogP contribution in [-0.4, -0.2) is 32.8 Å². The second-order valence-electron chi connectivity index (χ2n) is 7.02. The van der Waals surface area contributed by atoms with Gasteiger partial charge in [-0.05, 0) is 43.0 Å². The summed E-state index contributed by atoms with van der Waals surface area (Å²) >= 11 is 0. The van der Waals surface area contributed by atoms with Crippen LogP contribution in [0.25, 0.3) is 11.4 Å². The van der Waals surface area contributed by atoms with Gasteiger partial charge in [0.25, 0.3) is 5.91 Å². The third-order valence-corrected chi connectivity index (χ3v) is 5.10. The number of carbonyl (C=O) groups is 1. The zero-order chi connectivity index (χ0) is 18.6. The number of aryl methyl sites for hydroxylation is 1. The standard InChI is InChI=1S/C21H24N4O2/c1-25-12-6-10-19(25)17-13-18(24-23-17)21(26)22-16-9-5-11-20(16)27-14-15-7-3-2-4-8-15/h2-4,6-8,10,12-13,16,20H,5,9,11,14H2,1H3,(H,22,26)(H,23,24)/t16-,20-/m1/s1. The molecular formula is C21H24N4O2. The van der Waals surface area contributed by atoms with Crippen LogP contribution in [0.3, 0.4) is 0 Å². The maximum Gasteiger partial charge on any atom is 0.269 e. The van der Waals surface area contributed by atoms with Gasteiger partial charge < -0.3 is 14.6 Å². The molecule has 1 saturated carbocycles. The predicted octanol–water partition coefficient (Wildman–Crippen LogP) is 3.28. The third-order valence-electron chi connectivity index (χ3n) is 5.10. The average Bonchev–Trinajstić information content (AvgIpc) is 3.41. The zero-order valence-electron chi connectivity index (χ0n) is 15.4. The number of benzene rings is 1. The number of aromatic nitrogens is 3. The van der Waals surface area contributed by atoms with Crippen LogP contribution in [0, 0.1) is 0 Å². The van der Waals surface area contributed by atoms with Crippen molar-refractivity contribution in [3.8, 4) is 11.4 Å². The molecule has 1 aliphatic rings. The topological polar surface area (TPSA) is 71.9 Å². The Balaban J connectivity index is 1.37. The first-order chi connectivity index (χ1) is 13.2. The Bertz CT molecular complexity index is 900. The largest absolute Gasteiger partial charge is 0.371 e. The van der Waals surface area contributed by atoms with E-state index in [9.17, 15) is 4.79 Å². The Morgan fingerprint density at radius 2 is 2.11 bits per heavy atom. The third kappa shape index (κ3) is 3.95. The van der Waals surface area contributed by atoms with Gasteiger partial charge in [0.1, 0.15) is 11.4 Å². The molecule has 2 atom stereocenters. The van der Waals surface area contributed by atoms with E-state index < -0.39 is 0 Å². The van der Waals surface area contributed by atoms with E-state index in [1.165, 1.54) is 0 Å². The fraction of sp³-hybridized carbons (Fsp3) is 0.333. The summed E-state index contributed by atoms with van der Waals surface area (Å²) in [5.74, 6) is -0.136. The van der Waals surface area contributed by atoms with E-state index in [1.807, 2.05) is 48.1 Å². The molecule has 2 aromatic heterocycles. The fourth-order valence-electron chi connectivity index (χ4n) is 3.61. The lowest BCUT2D eigenvalue weighted by Gasteiger charge is -2.21. The van der Waals surface area contributed by atoms with E-state index in [2.05, 4.69) is 27.6 Å². The molecule has 1 fully saturated rings. The molecule has 1 aliphatic carbocycles. The highest BCUT2D eigenvalue weighted by molar-refractivity contribution is 5.93. The number of H-pyrrole nitrogens is 1. The van der Waals surface area contributed by atoms with E-state index in [4.69, 9.17) is 4.74 Å². The minimum absolute atomic E-state index is 0.0306. The Morgan fingerprint density at radius 1 is 1.26 bits per heavy atom. The number of aromatic amines is 1. The summed E-state index contributed by atoms with van der Waals surface area (Å²) in [6.07, 6.45) is 4.96. The number of carbonyl (C=O) groups excluding carboxylic acids is 1. The molecule has 1 amide bonds. The number of amides is 1. The number of hydrogen-bond acceptors (Lipinski definition) is 3. The highest BCUT2D eigenvalue weighted by Crippen LogP contribution is 2.24. The number of rotatable bonds is 6. The summed E-state index contributed by atoms with van der Waals surface area (Å²) in [6, 6.07) is 15.9. The zero-order valence-corrected chi connectivity index (χ0v) is 15.4. The van der Waals surface area contributed by atoms with Crippen LogP contribution in [-0.2, 0) is 18.4 Å². The number of hydrogen-bond donors (Lipinski definition) is 2. The van der Waals surface area contributed by atoms with Gasteiger partial charge in [0.15, 0.2) is 0 Å². The molecule has 0 unspecified atom stereocenters. The van der Waals surface area contributed by atoms with E-state index in [1.54, 1.807) is 6.07 Å². The summed E-state index contributed by atoms with van der Waals surface area (Å²) in [7, 11) is 1.96. The minimum Gasteiger partial charge on any atom is -0.371 e. The van der Waals surface area contributed by atoms with Crippen LogP contribution >= 0.6 is 0 Å². The van der Waals surface area contributed by atoms with E-state index in [0.717, 1.165) is 36.2 Å². The minimum atomic E-state index is -0.136. The van der Waals surface area contributed by atoms with E-state index >= 15 is 0 Å². The molecule has 140 valence electrons. The van der Waals surface area contributed by atoms with Crippen LogP contribution < -0.4 is 5.32 Å². The van der Waals surface area contributed by atoms with Gasteiger partial charge in [-0.3, -0.25) is 9.89 Å². The van der Waals surface area contributed by atoms with E-state index in [-0.39, 0.29) is 18.1 Å². The summed E-state index contributed by atoms with van der Waals surface area (Å²) in [4.78, 5) is 12.6. The first kappa shape index (κ1) is 17.5. The van der Waals surface area contributed by atoms with Crippen LogP contribution in [0.1, 0.15) is 35.3 Å². The second-order valence-corrected chi connectivity index (χ2v) is 7.02. The van der Waals surface area contributed by atoms with Crippen molar-refractivity contribution in [1.29, 1.82) is 0 Å². The summed E-state index contributed by atoms with van der Waals surface area (Å²) in [5.41, 5.74) is 3.35. The van der Waals surface area contributed by atoms with Gasteiger partial charge in [-0.25, -0.2) is 0 Å². The molecule has 0 bridgehead atoms. The van der Waals surface area contributed by atoms with Crippen molar-refractivity contribution < 1.29 is 9.53 Å². The van der Waals surface area contributed by atoms with Crippen molar-refractivity contribution in [3.63, 3.8) is 0 Å². The molecule has 0 aliphatic heterocycles. The summed E-state index contributed by atoms with van der Waals surface area (Å²) in [5, 5.41) is 10.2. The molecule has 0 spiro atoms. The second kappa shape index (κ2) is 7.80. The summed E-state index contributed by atoms with van der Waals surface area (Å²) in [6.45, 7) is 0.569. The molecule has 6 heteroatoms. The summed E-state index contributed by atoms with van der Waals surface area (Å²) < 4.78 is 8.05. The van der Waals surface area contributed by atoms with Gasteiger partial charge in [-0.15, -0.1) is 0 Å². The van der Waals surface area contributed by atoms with Gasteiger partial charge in [0, 0.05) is 13.2 Å². The quantitative estimate of drug-likeness (QED) is 0.705. The fourth-order valence-corrected chi connectivity index (χ4v) is 3.61. The van der Waals surface area contributed by atoms with Crippen LogP contribution in [0.4, 0.5) is 0 Å². The van der Waals surface area contributed by atoms with Crippen molar-refractivity contribution >= 4 is 5.91 Å². The van der Waals surface area contributed by atoms with Gasteiger partial charge in [-0.2, -0.15) is 5.10 Å². The molecule has 1 aromatic carbocycles. The Hall–Kier alpha value is -2.86. The molecule has 2 heterocycles. The van der Waals surface area contributed by atoms with Gasteiger partial charge in [0.05, 0.1) is 24.4 Å². The smallest absolute Gasteiger partial charge is 0.269 e. The van der Waals surface area contributed by atoms with Crippen LogP contribution in [0.15, 0.2) is 54.7 Å². The first-order valence-electron chi connectivity index (χ1n) is 9.34. The first-order valence-corrected chi connectivity index (χ1v) is 9.34. The Labute approximate surface area is 158 Å². The Morgan fingerprint density at radius 3 is 2.89 bits per heavy atom. The molecule has 0 saturated heterocycles. The lowest BCUT2D eigenvalue weighted by atomic mass is 10.2. The van der Waals surface area contributed by atoms with Gasteiger partial charge in [0.2, 0.25) is 0 Å². The molecule has 4 rings (SSSR count). The SMILES string of the molecule is Cn1cccc1-c1cc(C(=O)N[C@@H]2CCC[C@H]2OCc2ccccc2)[nH]n1. The average molecular weight is 364 g/mol. The normalized spacial score (nSPS) is 19.3. The molecule has 6 nitrogen and oxygen atoms in total. The molecule has 2 N–H and O–H groups in total. The highest BCUT2D eigenvalue weighted by atomic mass is 16.5. The highest BCUT2D eigenvalue weighted by Gasteiger charge is 2.30. The lowest BCUT2D eigenvalue weighted by molar-refractivity contribution is 0.0271. The number of ether oxygens (including phenoxy) is 1. The Kier molecular flexibility index (Phi) is 5.07. The van der Waals surface area contributed by atoms with Crippen molar-refractivity contribution in [2.75, 3.05) is 0 Å². The van der Waals surface area contributed by atoms with Crippen LogP contribution in [0.5, 0.6) is 0 Å². The molecule has 0 radical (unpaired) electrons. The van der Waals surface area contributed by atoms with Crippen LogP contribution in [0.2, 0.25) is 0 Å². The van der Waals surface area contributed by atoms with Gasteiger partial charge in [-0.1, -0.05) is 30.3 Å². The predicted molar refractivity (Wildman–Crippen MR) is 103 cm³/mol. The van der Waals surface area contributed by atoms with Crippen molar-refractivity contribution in [1.82, 2.24) is 20.1 Å². The monoisotopic (exact) mass is 364 g/mol. The van der Waals surface area contributed by atoms with Gasteiger partial charge >= 0.3 is 0 Å². The molecule has 3 aromatic rings. The number of nitrogens with zero attached hydrogens (tertiary/aromatic N) is 2. The molecule has 27 heavy (non-hydrogen) atoms. The maximum atomic E-state index is 12.6. The lowest BCUT2D eigenvalue weighted by Crippen LogP contribution is -2.41. The van der Waals surface area contributed by atoms with Crippen molar-refractivity contribution in [2.24, 2.45) is 7.05 Å². The molecular weight excluding hydrogens is 340 g/mol. The van der Waals surface area contributed by atoms with E-state index in [0.29, 0.717) is 12.3 Å². The maximum absolute atomic E-state index is 12.6. The van der Waals surface area contributed by atoms with Crippen molar-refractivity contribution in [2.45, 2.75) is 38.0 Å². The number of nitrogens with one attached hydrogen (secondary N) is 2. The van der Waals surface area contributed by atoms with Crippen molar-refractivity contribution in [3.05, 3.63) is 66.0 Å².